The third-order valence-electron chi connectivity index (χ3n) is 2.68. The van der Waals surface area contributed by atoms with Crippen molar-refractivity contribution in [2.24, 2.45) is 5.92 Å². The number of anilines is 1. The van der Waals surface area contributed by atoms with E-state index in [-0.39, 0.29) is 5.56 Å². The number of aromatic nitrogens is 2. The van der Waals surface area contributed by atoms with E-state index in [1.807, 2.05) is 11.9 Å². The van der Waals surface area contributed by atoms with Crippen molar-refractivity contribution < 1.29 is 4.74 Å². The second-order valence-electron chi connectivity index (χ2n) is 4.21. The Hall–Kier alpha value is -1.36. The molecular formula is C11H17N3O2. The highest BCUT2D eigenvalue weighted by Crippen LogP contribution is 2.28. The maximum atomic E-state index is 11.1. The van der Waals surface area contributed by atoms with Gasteiger partial charge < -0.3 is 14.6 Å². The molecule has 1 aromatic rings. The van der Waals surface area contributed by atoms with Crippen LogP contribution in [-0.2, 0) is 4.74 Å². The summed E-state index contributed by atoms with van der Waals surface area (Å²) in [6.07, 6.45) is 4.04. The third kappa shape index (κ3) is 3.34. The van der Waals surface area contributed by atoms with Crippen molar-refractivity contribution in [3.05, 3.63) is 22.7 Å². The quantitative estimate of drug-likeness (QED) is 0.719. The molecule has 0 bridgehead atoms. The van der Waals surface area contributed by atoms with Gasteiger partial charge in [-0.05, 0) is 18.8 Å². The summed E-state index contributed by atoms with van der Waals surface area (Å²) >= 11 is 0. The normalized spacial score (nSPS) is 15.1. The monoisotopic (exact) mass is 223 g/mol. The highest BCUT2D eigenvalue weighted by atomic mass is 16.5. The van der Waals surface area contributed by atoms with Gasteiger partial charge in [0.15, 0.2) is 0 Å². The maximum Gasteiger partial charge on any atom is 0.252 e. The number of nitrogens with zero attached hydrogens (tertiary/aromatic N) is 2. The molecule has 16 heavy (non-hydrogen) atoms. The molecular weight excluding hydrogens is 206 g/mol. The summed E-state index contributed by atoms with van der Waals surface area (Å²) in [6, 6.07) is 1.49. The average Bonchev–Trinajstić information content (AvgIpc) is 3.08. The van der Waals surface area contributed by atoms with E-state index in [0.29, 0.717) is 12.4 Å². The lowest BCUT2D eigenvalue weighted by Crippen LogP contribution is -2.25. The van der Waals surface area contributed by atoms with Crippen molar-refractivity contribution >= 4 is 5.82 Å². The predicted molar refractivity (Wildman–Crippen MR) is 61.7 cm³/mol. The molecule has 1 aliphatic carbocycles. The zero-order valence-corrected chi connectivity index (χ0v) is 9.48. The van der Waals surface area contributed by atoms with Gasteiger partial charge in [-0.25, -0.2) is 4.98 Å². The van der Waals surface area contributed by atoms with Crippen LogP contribution in [0.25, 0.3) is 0 Å². The number of rotatable bonds is 6. The standard InChI is InChI=1S/C11H17N3O2/c1-14(4-5-16-7-9-2-3-9)10-6-11(15)13-8-12-10/h6,8-9H,2-5,7H2,1H3,(H,12,13,15). The van der Waals surface area contributed by atoms with Crippen LogP contribution in [0.1, 0.15) is 12.8 Å². The first kappa shape index (κ1) is 11.1. The van der Waals surface area contributed by atoms with Crippen molar-refractivity contribution in [3.8, 4) is 0 Å². The Labute approximate surface area is 94.5 Å². The van der Waals surface area contributed by atoms with Gasteiger partial charge in [-0.2, -0.15) is 0 Å². The number of aromatic amines is 1. The SMILES string of the molecule is CN(CCOCC1CC1)c1cc(=O)[nH]cn1. The molecule has 5 nitrogen and oxygen atoms in total. The second-order valence-corrected chi connectivity index (χ2v) is 4.21. The first-order valence-corrected chi connectivity index (χ1v) is 5.59. The second kappa shape index (κ2) is 5.12. The fraction of sp³-hybridized carbons (Fsp3) is 0.636. The third-order valence-corrected chi connectivity index (χ3v) is 2.68. The Bertz CT molecular complexity index is 387. The fourth-order valence-electron chi connectivity index (χ4n) is 1.42. The Kier molecular flexibility index (Phi) is 3.56. The number of ether oxygens (including phenoxy) is 1. The predicted octanol–water partition coefficient (Wildman–Crippen LogP) is 0.633. The van der Waals surface area contributed by atoms with E-state index in [1.165, 1.54) is 25.2 Å². The number of hydrogen-bond donors (Lipinski definition) is 1. The minimum atomic E-state index is -0.129. The minimum Gasteiger partial charge on any atom is -0.379 e. The van der Waals surface area contributed by atoms with Gasteiger partial charge in [0.2, 0.25) is 0 Å². The van der Waals surface area contributed by atoms with Crippen LogP contribution in [0.4, 0.5) is 5.82 Å². The molecule has 1 aliphatic rings. The highest BCUT2D eigenvalue weighted by Gasteiger charge is 2.20. The lowest BCUT2D eigenvalue weighted by atomic mass is 10.4. The first-order chi connectivity index (χ1) is 7.75. The smallest absolute Gasteiger partial charge is 0.252 e. The van der Waals surface area contributed by atoms with Crippen LogP contribution in [0.5, 0.6) is 0 Å². The van der Waals surface area contributed by atoms with Crippen molar-refractivity contribution in [2.75, 3.05) is 31.7 Å². The molecule has 0 atom stereocenters. The maximum absolute atomic E-state index is 11.1. The van der Waals surface area contributed by atoms with E-state index in [1.54, 1.807) is 0 Å². The van der Waals surface area contributed by atoms with Crippen molar-refractivity contribution in [2.45, 2.75) is 12.8 Å². The summed E-state index contributed by atoms with van der Waals surface area (Å²) in [4.78, 5) is 19.6. The van der Waals surface area contributed by atoms with E-state index >= 15 is 0 Å². The van der Waals surface area contributed by atoms with Crippen LogP contribution in [0.2, 0.25) is 0 Å². The highest BCUT2D eigenvalue weighted by molar-refractivity contribution is 5.34. The van der Waals surface area contributed by atoms with Crippen molar-refractivity contribution in [1.29, 1.82) is 0 Å². The summed E-state index contributed by atoms with van der Waals surface area (Å²) in [5.41, 5.74) is -0.129. The summed E-state index contributed by atoms with van der Waals surface area (Å²) in [7, 11) is 1.91. The largest absolute Gasteiger partial charge is 0.379 e. The number of H-pyrrole nitrogens is 1. The molecule has 2 rings (SSSR count). The molecule has 0 saturated heterocycles. The summed E-state index contributed by atoms with van der Waals surface area (Å²) in [6.45, 7) is 2.31. The van der Waals surface area contributed by atoms with Gasteiger partial charge in [-0.3, -0.25) is 4.79 Å². The van der Waals surface area contributed by atoms with Gasteiger partial charge in [0, 0.05) is 26.3 Å². The van der Waals surface area contributed by atoms with E-state index in [2.05, 4.69) is 9.97 Å². The van der Waals surface area contributed by atoms with E-state index in [4.69, 9.17) is 4.74 Å². The summed E-state index contributed by atoms with van der Waals surface area (Å²) in [5.74, 6) is 1.47. The van der Waals surface area contributed by atoms with Crippen LogP contribution in [0.3, 0.4) is 0 Å². The van der Waals surface area contributed by atoms with E-state index < -0.39 is 0 Å². The number of likely N-dealkylation sites (N-methyl/N-ethyl adjacent to an activating group) is 1. The molecule has 0 unspecified atom stereocenters. The Balaban J connectivity index is 1.73. The Morgan fingerprint density at radius 1 is 1.62 bits per heavy atom. The zero-order chi connectivity index (χ0) is 11.4. The number of nitrogens with one attached hydrogen (secondary N) is 1. The molecule has 0 aliphatic heterocycles. The van der Waals surface area contributed by atoms with Gasteiger partial charge >= 0.3 is 0 Å². The molecule has 1 N–H and O–H groups in total. The Morgan fingerprint density at radius 3 is 3.12 bits per heavy atom. The fourth-order valence-corrected chi connectivity index (χ4v) is 1.42. The molecule has 1 fully saturated rings. The van der Waals surface area contributed by atoms with Gasteiger partial charge in [-0.15, -0.1) is 0 Å². The molecule has 0 aromatic carbocycles. The minimum absolute atomic E-state index is 0.129. The number of hydrogen-bond acceptors (Lipinski definition) is 4. The molecule has 0 amide bonds. The van der Waals surface area contributed by atoms with E-state index in [9.17, 15) is 4.79 Å². The Morgan fingerprint density at radius 2 is 2.44 bits per heavy atom. The van der Waals surface area contributed by atoms with Gasteiger partial charge in [-0.1, -0.05) is 0 Å². The summed E-state index contributed by atoms with van der Waals surface area (Å²) < 4.78 is 5.52. The van der Waals surface area contributed by atoms with Crippen LogP contribution in [0, 0.1) is 5.92 Å². The van der Waals surface area contributed by atoms with Crippen LogP contribution >= 0.6 is 0 Å². The molecule has 5 heteroatoms. The van der Waals surface area contributed by atoms with E-state index in [0.717, 1.165) is 19.1 Å². The van der Waals surface area contributed by atoms with Crippen LogP contribution < -0.4 is 10.5 Å². The lowest BCUT2D eigenvalue weighted by molar-refractivity contribution is 0.131. The topological polar surface area (TPSA) is 58.2 Å². The molecule has 0 radical (unpaired) electrons. The summed E-state index contributed by atoms with van der Waals surface area (Å²) in [5, 5.41) is 0. The van der Waals surface area contributed by atoms with Crippen molar-refractivity contribution in [1.82, 2.24) is 9.97 Å². The zero-order valence-electron chi connectivity index (χ0n) is 9.48. The van der Waals surface area contributed by atoms with Crippen LogP contribution in [-0.4, -0.2) is 36.8 Å². The molecule has 88 valence electrons. The van der Waals surface area contributed by atoms with Gasteiger partial charge in [0.05, 0.1) is 12.9 Å². The lowest BCUT2D eigenvalue weighted by Gasteiger charge is -2.17. The first-order valence-electron chi connectivity index (χ1n) is 5.59. The van der Waals surface area contributed by atoms with Crippen LogP contribution in [0.15, 0.2) is 17.2 Å². The van der Waals surface area contributed by atoms with Gasteiger partial charge in [0.25, 0.3) is 5.56 Å². The van der Waals surface area contributed by atoms with Crippen molar-refractivity contribution in [3.63, 3.8) is 0 Å². The molecule has 1 heterocycles. The molecule has 1 saturated carbocycles. The molecule has 1 aromatic heterocycles. The van der Waals surface area contributed by atoms with Gasteiger partial charge in [0.1, 0.15) is 5.82 Å². The molecule has 0 spiro atoms. The average molecular weight is 223 g/mol.